The highest BCUT2D eigenvalue weighted by Gasteiger charge is 2.08. The highest BCUT2D eigenvalue weighted by Crippen LogP contribution is 2.20. The third-order valence-electron chi connectivity index (χ3n) is 1.10. The summed E-state index contributed by atoms with van der Waals surface area (Å²) < 4.78 is 5.68. The molecule has 10 heavy (non-hydrogen) atoms. The molecule has 0 aliphatic carbocycles. The maximum absolute atomic E-state index is 9.15. The molecule has 2 nitrogen and oxygen atoms in total. The van der Waals surface area contributed by atoms with Crippen LogP contribution in [0.1, 0.15) is 11.9 Å². The van der Waals surface area contributed by atoms with Crippen molar-refractivity contribution in [2.45, 2.75) is 6.10 Å². The first-order valence-electron chi connectivity index (χ1n) is 2.78. The van der Waals surface area contributed by atoms with Crippen molar-refractivity contribution in [2.24, 2.45) is 0 Å². The predicted octanol–water partition coefficient (Wildman–Crippen LogP) is 2.01. The molecule has 0 amide bonds. The summed E-state index contributed by atoms with van der Waals surface area (Å²) in [5.41, 5.74) is 0. The number of thiol groups is 1. The van der Waals surface area contributed by atoms with E-state index in [9.17, 15) is 0 Å². The first-order valence-corrected chi connectivity index (χ1v) is 4.20. The van der Waals surface area contributed by atoms with Gasteiger partial charge in [-0.1, -0.05) is 0 Å². The van der Waals surface area contributed by atoms with Crippen LogP contribution in [0.4, 0.5) is 0 Å². The molecule has 0 aromatic carbocycles. The summed E-state index contributed by atoms with van der Waals surface area (Å²) in [6, 6.07) is 3.45. The average molecular weight is 223 g/mol. The molecule has 56 valence electrons. The van der Waals surface area contributed by atoms with Crippen LogP contribution in [-0.4, -0.2) is 10.9 Å². The lowest BCUT2D eigenvalue weighted by atomic mass is 10.3. The summed E-state index contributed by atoms with van der Waals surface area (Å²) in [6.07, 6.45) is -0.602. The normalized spacial score (nSPS) is 13.5. The Labute approximate surface area is 72.8 Å². The zero-order valence-electron chi connectivity index (χ0n) is 5.12. The van der Waals surface area contributed by atoms with E-state index in [2.05, 4.69) is 28.6 Å². The highest BCUT2D eigenvalue weighted by molar-refractivity contribution is 9.10. The minimum Gasteiger partial charge on any atom is -0.452 e. The second-order valence-electron chi connectivity index (χ2n) is 1.84. The highest BCUT2D eigenvalue weighted by atomic mass is 79.9. The molecule has 0 fully saturated rings. The molecule has 4 heteroatoms. The quantitative estimate of drug-likeness (QED) is 0.752. The standard InChI is InChI=1S/C6H7BrO2S/c7-6-2-1-5(9-6)4(8)3-10/h1-2,4,8,10H,3H2. The Kier molecular flexibility index (Phi) is 2.82. The van der Waals surface area contributed by atoms with Crippen molar-refractivity contribution in [2.75, 3.05) is 5.75 Å². The zero-order valence-corrected chi connectivity index (χ0v) is 7.60. The SMILES string of the molecule is OC(CS)c1ccc(Br)o1. The molecule has 1 aromatic rings. The second kappa shape index (κ2) is 3.46. The Morgan fingerprint density at radius 1 is 1.70 bits per heavy atom. The van der Waals surface area contributed by atoms with Gasteiger partial charge < -0.3 is 9.52 Å². The summed E-state index contributed by atoms with van der Waals surface area (Å²) in [6.45, 7) is 0. The molecule has 0 aliphatic heterocycles. The van der Waals surface area contributed by atoms with E-state index in [1.54, 1.807) is 12.1 Å². The van der Waals surface area contributed by atoms with Gasteiger partial charge in [0.15, 0.2) is 4.67 Å². The number of aliphatic hydroxyl groups excluding tert-OH is 1. The molecular weight excluding hydrogens is 216 g/mol. The van der Waals surface area contributed by atoms with E-state index in [1.807, 2.05) is 0 Å². The monoisotopic (exact) mass is 222 g/mol. The van der Waals surface area contributed by atoms with E-state index in [0.717, 1.165) is 0 Å². The van der Waals surface area contributed by atoms with Crippen LogP contribution in [0.2, 0.25) is 0 Å². The predicted molar refractivity (Wildman–Crippen MR) is 45.2 cm³/mol. The van der Waals surface area contributed by atoms with Gasteiger partial charge in [0.2, 0.25) is 0 Å². The summed E-state index contributed by atoms with van der Waals surface area (Å²) in [5.74, 6) is 0.918. The van der Waals surface area contributed by atoms with Crippen molar-refractivity contribution >= 4 is 28.6 Å². The molecule has 0 radical (unpaired) electrons. The smallest absolute Gasteiger partial charge is 0.169 e. The van der Waals surface area contributed by atoms with Gasteiger partial charge >= 0.3 is 0 Å². The van der Waals surface area contributed by atoms with Crippen molar-refractivity contribution in [1.29, 1.82) is 0 Å². The molecule has 0 bridgehead atoms. The van der Waals surface area contributed by atoms with Gasteiger partial charge in [-0.2, -0.15) is 12.6 Å². The van der Waals surface area contributed by atoms with E-state index < -0.39 is 6.10 Å². The van der Waals surface area contributed by atoms with E-state index in [0.29, 0.717) is 16.2 Å². The van der Waals surface area contributed by atoms with E-state index in [1.165, 1.54) is 0 Å². The molecule has 0 saturated heterocycles. The maximum atomic E-state index is 9.15. The Balaban J connectivity index is 2.74. The molecule has 1 unspecified atom stereocenters. The number of hydrogen-bond donors (Lipinski definition) is 2. The lowest BCUT2D eigenvalue weighted by Gasteiger charge is -2.00. The summed E-state index contributed by atoms with van der Waals surface area (Å²) in [5, 5.41) is 9.15. The van der Waals surface area contributed by atoms with Gasteiger partial charge in [-0.3, -0.25) is 0 Å². The number of aliphatic hydroxyl groups is 1. The van der Waals surface area contributed by atoms with E-state index >= 15 is 0 Å². The fourth-order valence-corrected chi connectivity index (χ4v) is 1.10. The third kappa shape index (κ3) is 1.78. The van der Waals surface area contributed by atoms with Gasteiger partial charge in [0.05, 0.1) is 0 Å². The first kappa shape index (κ1) is 8.17. The summed E-state index contributed by atoms with van der Waals surface area (Å²) >= 11 is 7.04. The number of rotatable bonds is 2. The molecule has 0 aliphatic rings. The van der Waals surface area contributed by atoms with E-state index in [4.69, 9.17) is 9.52 Å². The molecule has 1 N–H and O–H groups in total. The van der Waals surface area contributed by atoms with Crippen LogP contribution in [0.3, 0.4) is 0 Å². The largest absolute Gasteiger partial charge is 0.452 e. The van der Waals surface area contributed by atoms with Crippen LogP contribution in [0.25, 0.3) is 0 Å². The van der Waals surface area contributed by atoms with Crippen LogP contribution < -0.4 is 0 Å². The molecule has 0 spiro atoms. The summed E-state index contributed by atoms with van der Waals surface area (Å²) in [4.78, 5) is 0. The fourth-order valence-electron chi connectivity index (χ4n) is 0.597. The van der Waals surface area contributed by atoms with Crippen molar-refractivity contribution < 1.29 is 9.52 Å². The number of furan rings is 1. The van der Waals surface area contributed by atoms with Gasteiger partial charge in [-0.05, 0) is 28.1 Å². The Hall–Kier alpha value is 0.0700. The van der Waals surface area contributed by atoms with Gasteiger partial charge in [-0.15, -0.1) is 0 Å². The molecule has 0 saturated carbocycles. The van der Waals surface area contributed by atoms with Crippen LogP contribution in [0.5, 0.6) is 0 Å². The van der Waals surface area contributed by atoms with E-state index in [-0.39, 0.29) is 0 Å². The summed E-state index contributed by atoms with van der Waals surface area (Å²) in [7, 11) is 0. The lowest BCUT2D eigenvalue weighted by molar-refractivity contribution is 0.173. The average Bonchev–Trinajstić information content (AvgIpc) is 2.34. The van der Waals surface area contributed by atoms with Crippen molar-refractivity contribution in [3.63, 3.8) is 0 Å². The second-order valence-corrected chi connectivity index (χ2v) is 2.99. The van der Waals surface area contributed by atoms with Crippen molar-refractivity contribution in [3.8, 4) is 0 Å². The molecule has 1 rings (SSSR count). The number of hydrogen-bond acceptors (Lipinski definition) is 3. The Morgan fingerprint density at radius 3 is 2.80 bits per heavy atom. The van der Waals surface area contributed by atoms with Crippen molar-refractivity contribution in [3.05, 3.63) is 22.6 Å². The van der Waals surface area contributed by atoms with Gasteiger partial charge in [0.25, 0.3) is 0 Å². The minimum atomic E-state index is -0.602. The fraction of sp³-hybridized carbons (Fsp3) is 0.333. The molecule has 1 aromatic heterocycles. The maximum Gasteiger partial charge on any atom is 0.169 e. The van der Waals surface area contributed by atoms with Crippen LogP contribution >= 0.6 is 28.6 Å². The third-order valence-corrected chi connectivity index (χ3v) is 1.87. The molecular formula is C6H7BrO2S. The van der Waals surface area contributed by atoms with Crippen LogP contribution in [0.15, 0.2) is 21.2 Å². The zero-order chi connectivity index (χ0) is 7.56. The Morgan fingerprint density at radius 2 is 2.40 bits per heavy atom. The van der Waals surface area contributed by atoms with Gasteiger partial charge in [0, 0.05) is 5.75 Å². The van der Waals surface area contributed by atoms with Gasteiger partial charge in [0.1, 0.15) is 11.9 Å². The Bertz CT molecular complexity index is 211. The first-order chi connectivity index (χ1) is 4.74. The lowest BCUT2D eigenvalue weighted by Crippen LogP contribution is -1.95. The molecule has 1 atom stereocenters. The van der Waals surface area contributed by atoms with Crippen molar-refractivity contribution in [1.82, 2.24) is 0 Å². The minimum absolute atomic E-state index is 0.375. The number of halogens is 1. The van der Waals surface area contributed by atoms with Crippen LogP contribution in [-0.2, 0) is 0 Å². The topological polar surface area (TPSA) is 33.4 Å². The molecule has 1 heterocycles. The van der Waals surface area contributed by atoms with Crippen LogP contribution in [0, 0.1) is 0 Å². The van der Waals surface area contributed by atoms with Gasteiger partial charge in [-0.25, -0.2) is 0 Å².